The highest BCUT2D eigenvalue weighted by Crippen LogP contribution is 2.18. The number of nitrogens with two attached hydrogens (primary N) is 1. The summed E-state index contributed by atoms with van der Waals surface area (Å²) in [6.45, 7) is 0. The van der Waals surface area contributed by atoms with Crippen LogP contribution in [0, 0.1) is 0 Å². The second kappa shape index (κ2) is 3.00. The van der Waals surface area contributed by atoms with Crippen LogP contribution < -0.4 is 9.32 Å². The van der Waals surface area contributed by atoms with E-state index in [0.717, 1.165) is 6.07 Å². The van der Waals surface area contributed by atoms with Gasteiger partial charge in [-0.05, 0) is 12.1 Å². The minimum absolute atomic E-state index is 0.0162. The highest BCUT2D eigenvalue weighted by Gasteiger charge is 2.04. The zero-order valence-corrected chi connectivity index (χ0v) is 6.78. The third-order valence-electron chi connectivity index (χ3n) is 1.03. The van der Waals surface area contributed by atoms with Gasteiger partial charge in [0.25, 0.3) is 0 Å². The monoisotopic (exact) mass is 189 g/mol. The van der Waals surface area contributed by atoms with Gasteiger partial charge in [0.05, 0.1) is 0 Å². The van der Waals surface area contributed by atoms with Gasteiger partial charge >= 0.3 is 10.3 Å². The van der Waals surface area contributed by atoms with Gasteiger partial charge in [-0.25, -0.2) is 0 Å². The Kier molecular flexibility index (Phi) is 2.20. The van der Waals surface area contributed by atoms with Crippen LogP contribution in [0.3, 0.4) is 0 Å². The van der Waals surface area contributed by atoms with E-state index in [4.69, 9.17) is 5.11 Å². The summed E-state index contributed by atoms with van der Waals surface area (Å²) in [4.78, 5) is 0. The molecule has 0 aromatic heterocycles. The van der Waals surface area contributed by atoms with Gasteiger partial charge in [-0.2, -0.15) is 13.6 Å². The van der Waals surface area contributed by atoms with Crippen molar-refractivity contribution in [3.63, 3.8) is 0 Å². The molecule has 1 aromatic carbocycles. The zero-order chi connectivity index (χ0) is 9.19. The molecule has 0 unspecified atom stereocenters. The number of phenols is 1. The van der Waals surface area contributed by atoms with Crippen LogP contribution in [0.1, 0.15) is 0 Å². The molecule has 0 heterocycles. The minimum Gasteiger partial charge on any atom is -0.508 e. The average molecular weight is 189 g/mol. The first-order valence-corrected chi connectivity index (χ1v) is 4.46. The van der Waals surface area contributed by atoms with Crippen molar-refractivity contribution in [1.29, 1.82) is 0 Å². The van der Waals surface area contributed by atoms with Crippen molar-refractivity contribution in [2.75, 3.05) is 0 Å². The van der Waals surface area contributed by atoms with Crippen molar-refractivity contribution in [2.45, 2.75) is 0 Å². The molecule has 0 saturated carbocycles. The quantitative estimate of drug-likeness (QED) is 0.683. The van der Waals surface area contributed by atoms with E-state index in [1.54, 1.807) is 0 Å². The molecular weight excluding hydrogens is 182 g/mol. The van der Waals surface area contributed by atoms with Crippen LogP contribution in [0.4, 0.5) is 0 Å². The minimum atomic E-state index is -4.01. The van der Waals surface area contributed by atoms with E-state index in [2.05, 4.69) is 9.32 Å². The van der Waals surface area contributed by atoms with E-state index in [9.17, 15) is 8.42 Å². The first-order chi connectivity index (χ1) is 5.47. The third kappa shape index (κ3) is 2.77. The maximum absolute atomic E-state index is 10.4. The van der Waals surface area contributed by atoms with Gasteiger partial charge < -0.3 is 9.29 Å². The summed E-state index contributed by atoms with van der Waals surface area (Å²) < 4.78 is 25.0. The Hall–Kier alpha value is -1.27. The smallest absolute Gasteiger partial charge is 0.380 e. The molecule has 0 spiro atoms. The molecule has 5 nitrogen and oxygen atoms in total. The molecule has 0 fully saturated rings. The van der Waals surface area contributed by atoms with Crippen molar-refractivity contribution >= 4 is 10.3 Å². The molecule has 0 aliphatic carbocycles. The molecular formula is C6H7NO4S. The van der Waals surface area contributed by atoms with Crippen molar-refractivity contribution in [2.24, 2.45) is 5.14 Å². The predicted molar refractivity (Wildman–Crippen MR) is 41.8 cm³/mol. The van der Waals surface area contributed by atoms with E-state index in [1.807, 2.05) is 0 Å². The van der Waals surface area contributed by atoms with Crippen LogP contribution in [0.15, 0.2) is 24.3 Å². The molecule has 6 heteroatoms. The lowest BCUT2D eigenvalue weighted by molar-refractivity contribution is 0.464. The fourth-order valence-corrected chi connectivity index (χ4v) is 1.04. The van der Waals surface area contributed by atoms with Crippen LogP contribution in [-0.4, -0.2) is 13.5 Å². The second-order valence-corrected chi connectivity index (χ2v) is 3.23. The molecule has 0 aliphatic heterocycles. The SMILES string of the molecule is NS(=O)(=O)Oc1cccc(O)c1. The molecule has 66 valence electrons. The van der Waals surface area contributed by atoms with Gasteiger partial charge in [0.2, 0.25) is 0 Å². The highest BCUT2D eigenvalue weighted by atomic mass is 32.2. The summed E-state index contributed by atoms with van der Waals surface area (Å²) in [6, 6.07) is 5.33. The standard InChI is InChI=1S/C6H7NO4S/c7-12(9,10)11-6-3-1-2-5(8)4-6/h1-4,8H,(H2,7,9,10). The van der Waals surface area contributed by atoms with E-state index in [1.165, 1.54) is 18.2 Å². The maximum atomic E-state index is 10.4. The average Bonchev–Trinajstić information content (AvgIpc) is 1.82. The summed E-state index contributed by atoms with van der Waals surface area (Å²) in [5, 5.41) is 13.5. The van der Waals surface area contributed by atoms with E-state index < -0.39 is 10.3 Å². The second-order valence-electron chi connectivity index (χ2n) is 2.07. The van der Waals surface area contributed by atoms with Gasteiger partial charge in [0.1, 0.15) is 11.5 Å². The van der Waals surface area contributed by atoms with E-state index in [0.29, 0.717) is 0 Å². The van der Waals surface area contributed by atoms with Gasteiger partial charge in [0, 0.05) is 6.07 Å². The normalized spacial score (nSPS) is 11.1. The third-order valence-corrected chi connectivity index (χ3v) is 1.45. The topological polar surface area (TPSA) is 89.6 Å². The Balaban J connectivity index is 2.91. The molecule has 0 amide bonds. The molecule has 0 aliphatic rings. The largest absolute Gasteiger partial charge is 0.508 e. The summed E-state index contributed by atoms with van der Waals surface area (Å²) >= 11 is 0. The number of hydrogen-bond donors (Lipinski definition) is 2. The first-order valence-electron chi connectivity index (χ1n) is 2.98. The number of aromatic hydroxyl groups is 1. The molecule has 12 heavy (non-hydrogen) atoms. The zero-order valence-electron chi connectivity index (χ0n) is 5.97. The van der Waals surface area contributed by atoms with Gasteiger partial charge in [-0.15, -0.1) is 0 Å². The van der Waals surface area contributed by atoms with E-state index >= 15 is 0 Å². The number of benzene rings is 1. The summed E-state index contributed by atoms with van der Waals surface area (Å²) in [5.41, 5.74) is 0. The van der Waals surface area contributed by atoms with Crippen molar-refractivity contribution in [3.8, 4) is 11.5 Å². The predicted octanol–water partition coefficient (Wildman–Crippen LogP) is -0.0255. The highest BCUT2D eigenvalue weighted by molar-refractivity contribution is 7.84. The Labute approximate surface area is 69.6 Å². The molecule has 0 saturated heterocycles. The number of hydrogen-bond acceptors (Lipinski definition) is 4. The molecule has 3 N–H and O–H groups in total. The van der Waals surface area contributed by atoms with Crippen LogP contribution in [-0.2, 0) is 10.3 Å². The van der Waals surface area contributed by atoms with Crippen molar-refractivity contribution < 1.29 is 17.7 Å². The van der Waals surface area contributed by atoms with Gasteiger partial charge in [-0.1, -0.05) is 6.07 Å². The molecule has 0 atom stereocenters. The van der Waals surface area contributed by atoms with Crippen molar-refractivity contribution in [1.82, 2.24) is 0 Å². The van der Waals surface area contributed by atoms with Gasteiger partial charge in [-0.3, -0.25) is 0 Å². The van der Waals surface area contributed by atoms with Crippen LogP contribution >= 0.6 is 0 Å². The van der Waals surface area contributed by atoms with Crippen molar-refractivity contribution in [3.05, 3.63) is 24.3 Å². The molecule has 0 bridgehead atoms. The van der Waals surface area contributed by atoms with Gasteiger partial charge in [0.15, 0.2) is 0 Å². The summed E-state index contributed by atoms with van der Waals surface area (Å²) in [7, 11) is -4.01. The van der Waals surface area contributed by atoms with E-state index in [-0.39, 0.29) is 11.5 Å². The lowest BCUT2D eigenvalue weighted by atomic mass is 10.3. The van der Waals surface area contributed by atoms with Crippen LogP contribution in [0.5, 0.6) is 11.5 Å². The van der Waals surface area contributed by atoms with Crippen LogP contribution in [0.2, 0.25) is 0 Å². The molecule has 1 rings (SSSR count). The number of phenolic OH excluding ortho intramolecular Hbond substituents is 1. The maximum Gasteiger partial charge on any atom is 0.380 e. The fourth-order valence-electron chi connectivity index (χ4n) is 0.669. The molecule has 0 radical (unpaired) electrons. The summed E-state index contributed by atoms with van der Waals surface area (Å²) in [6.07, 6.45) is 0. The molecule has 1 aromatic rings. The fraction of sp³-hybridized carbons (Fsp3) is 0. The van der Waals surface area contributed by atoms with Crippen LogP contribution in [0.25, 0.3) is 0 Å². The Morgan fingerprint density at radius 1 is 1.42 bits per heavy atom. The lowest BCUT2D eigenvalue weighted by Crippen LogP contribution is -2.18. The first kappa shape index (κ1) is 8.82. The Bertz CT molecular complexity index is 373. The Morgan fingerprint density at radius 2 is 2.08 bits per heavy atom. The lowest BCUT2D eigenvalue weighted by Gasteiger charge is -2.01. The Morgan fingerprint density at radius 3 is 2.58 bits per heavy atom. The number of rotatable bonds is 2. The summed E-state index contributed by atoms with van der Waals surface area (Å²) in [5.74, 6) is -0.103.